The summed E-state index contributed by atoms with van der Waals surface area (Å²) in [5.41, 5.74) is 5.99. The van der Waals surface area contributed by atoms with Crippen molar-refractivity contribution < 1.29 is 9.59 Å². The Bertz CT molecular complexity index is 418. The van der Waals surface area contributed by atoms with Crippen molar-refractivity contribution >= 4 is 17.5 Å². The van der Waals surface area contributed by atoms with Crippen LogP contribution in [-0.2, 0) is 4.79 Å². The first kappa shape index (κ1) is 14.2. The Balaban J connectivity index is 2.51. The van der Waals surface area contributed by atoms with Gasteiger partial charge in [-0.3, -0.25) is 9.59 Å². The summed E-state index contributed by atoms with van der Waals surface area (Å²) in [5, 5.41) is 5.69. The maximum atomic E-state index is 11.6. The minimum absolute atomic E-state index is 0.181. The van der Waals surface area contributed by atoms with Gasteiger partial charge in [0.15, 0.2) is 0 Å². The van der Waals surface area contributed by atoms with Crippen LogP contribution in [0.5, 0.6) is 0 Å². The molecule has 0 saturated heterocycles. The summed E-state index contributed by atoms with van der Waals surface area (Å²) in [7, 11) is 0. The summed E-state index contributed by atoms with van der Waals surface area (Å²) in [6, 6.07) is 6.69. The number of nitrogens with one attached hydrogen (secondary N) is 2. The fourth-order valence-corrected chi connectivity index (χ4v) is 1.51. The van der Waals surface area contributed by atoms with Crippen molar-refractivity contribution in [2.75, 3.05) is 18.4 Å². The highest BCUT2D eigenvalue weighted by atomic mass is 16.2. The second kappa shape index (κ2) is 7.45. The molecule has 0 bridgehead atoms. The molecule has 0 aliphatic carbocycles. The average molecular weight is 249 g/mol. The Morgan fingerprint density at radius 1 is 1.28 bits per heavy atom. The van der Waals surface area contributed by atoms with E-state index in [1.807, 2.05) is 0 Å². The molecule has 0 aliphatic heterocycles. The van der Waals surface area contributed by atoms with Crippen LogP contribution in [-0.4, -0.2) is 24.9 Å². The number of primary amides is 1. The topological polar surface area (TPSA) is 84.2 Å². The van der Waals surface area contributed by atoms with Crippen molar-refractivity contribution in [3.8, 4) is 0 Å². The number of rotatable bonds is 7. The van der Waals surface area contributed by atoms with Gasteiger partial charge in [-0.25, -0.2) is 0 Å². The fourth-order valence-electron chi connectivity index (χ4n) is 1.51. The maximum absolute atomic E-state index is 11.6. The number of anilines is 1. The Morgan fingerprint density at radius 2 is 2.00 bits per heavy atom. The van der Waals surface area contributed by atoms with E-state index in [2.05, 4.69) is 17.6 Å². The van der Waals surface area contributed by atoms with E-state index in [1.165, 1.54) is 0 Å². The van der Waals surface area contributed by atoms with E-state index in [-0.39, 0.29) is 12.5 Å². The lowest BCUT2D eigenvalue weighted by atomic mass is 10.1. The highest BCUT2D eigenvalue weighted by Crippen LogP contribution is 2.13. The third kappa shape index (κ3) is 4.55. The van der Waals surface area contributed by atoms with Gasteiger partial charge in [-0.15, -0.1) is 0 Å². The van der Waals surface area contributed by atoms with E-state index in [0.29, 0.717) is 11.3 Å². The van der Waals surface area contributed by atoms with E-state index in [0.717, 1.165) is 19.4 Å². The standard InChI is InChI=1S/C13H19N3O2/c1-2-3-8-15-9-12(17)16-11-7-5-4-6-10(11)13(14)18/h4-7,15H,2-3,8-9H2,1H3,(H2,14,18)(H,16,17). The molecule has 0 spiro atoms. The summed E-state index contributed by atoms with van der Waals surface area (Å²) < 4.78 is 0. The number of nitrogens with two attached hydrogens (primary N) is 1. The van der Waals surface area contributed by atoms with Crippen LogP contribution in [0.3, 0.4) is 0 Å². The minimum Gasteiger partial charge on any atom is -0.366 e. The molecule has 5 heteroatoms. The Hall–Kier alpha value is -1.88. The average Bonchev–Trinajstić information content (AvgIpc) is 2.35. The molecule has 1 rings (SSSR count). The van der Waals surface area contributed by atoms with Gasteiger partial charge < -0.3 is 16.4 Å². The van der Waals surface area contributed by atoms with Crippen LogP contribution < -0.4 is 16.4 Å². The van der Waals surface area contributed by atoms with Crippen LogP contribution >= 0.6 is 0 Å². The molecule has 0 heterocycles. The van der Waals surface area contributed by atoms with E-state index in [1.54, 1.807) is 24.3 Å². The van der Waals surface area contributed by atoms with Gasteiger partial charge in [-0.05, 0) is 25.1 Å². The number of carbonyl (C=O) groups is 2. The monoisotopic (exact) mass is 249 g/mol. The van der Waals surface area contributed by atoms with Gasteiger partial charge in [0.05, 0.1) is 17.8 Å². The van der Waals surface area contributed by atoms with Crippen LogP contribution in [0, 0.1) is 0 Å². The predicted molar refractivity (Wildman–Crippen MR) is 71.4 cm³/mol. The largest absolute Gasteiger partial charge is 0.366 e. The number of hydrogen-bond acceptors (Lipinski definition) is 3. The number of para-hydroxylation sites is 1. The molecule has 4 N–H and O–H groups in total. The number of hydrogen-bond donors (Lipinski definition) is 3. The third-order valence-corrected chi connectivity index (χ3v) is 2.46. The lowest BCUT2D eigenvalue weighted by Gasteiger charge is -2.09. The van der Waals surface area contributed by atoms with Crippen molar-refractivity contribution in [2.24, 2.45) is 5.73 Å². The number of carbonyl (C=O) groups excluding carboxylic acids is 2. The summed E-state index contributed by atoms with van der Waals surface area (Å²) in [6.45, 7) is 3.12. The van der Waals surface area contributed by atoms with Crippen molar-refractivity contribution in [3.63, 3.8) is 0 Å². The van der Waals surface area contributed by atoms with E-state index in [9.17, 15) is 9.59 Å². The molecule has 18 heavy (non-hydrogen) atoms. The lowest BCUT2D eigenvalue weighted by molar-refractivity contribution is -0.115. The Morgan fingerprint density at radius 3 is 2.67 bits per heavy atom. The molecule has 98 valence electrons. The van der Waals surface area contributed by atoms with Gasteiger partial charge in [0.1, 0.15) is 0 Å². The summed E-state index contributed by atoms with van der Waals surface area (Å²) in [5.74, 6) is -0.732. The molecule has 0 aromatic heterocycles. The maximum Gasteiger partial charge on any atom is 0.250 e. The molecule has 0 atom stereocenters. The smallest absolute Gasteiger partial charge is 0.250 e. The highest BCUT2D eigenvalue weighted by Gasteiger charge is 2.09. The molecule has 0 saturated carbocycles. The van der Waals surface area contributed by atoms with E-state index in [4.69, 9.17) is 5.73 Å². The molecule has 0 unspecified atom stereocenters. The molecule has 0 radical (unpaired) electrons. The van der Waals surface area contributed by atoms with Gasteiger partial charge in [-0.2, -0.15) is 0 Å². The van der Waals surface area contributed by atoms with Gasteiger partial charge in [0.2, 0.25) is 5.91 Å². The molecular weight excluding hydrogens is 230 g/mol. The van der Waals surface area contributed by atoms with Gasteiger partial charge in [0.25, 0.3) is 5.91 Å². The Kier molecular flexibility index (Phi) is 5.87. The van der Waals surface area contributed by atoms with Gasteiger partial charge in [0, 0.05) is 0 Å². The van der Waals surface area contributed by atoms with Crippen LogP contribution in [0.4, 0.5) is 5.69 Å². The quantitative estimate of drug-likeness (QED) is 0.633. The number of benzene rings is 1. The zero-order chi connectivity index (χ0) is 13.4. The van der Waals surface area contributed by atoms with Crippen molar-refractivity contribution in [1.82, 2.24) is 5.32 Å². The van der Waals surface area contributed by atoms with Gasteiger partial charge >= 0.3 is 0 Å². The minimum atomic E-state index is -0.551. The normalized spacial score (nSPS) is 10.1. The highest BCUT2D eigenvalue weighted by molar-refractivity contribution is 6.03. The third-order valence-electron chi connectivity index (χ3n) is 2.46. The first-order valence-corrected chi connectivity index (χ1v) is 6.04. The molecule has 5 nitrogen and oxygen atoms in total. The van der Waals surface area contributed by atoms with Crippen LogP contribution in [0.2, 0.25) is 0 Å². The van der Waals surface area contributed by atoms with Crippen LogP contribution in [0.25, 0.3) is 0 Å². The van der Waals surface area contributed by atoms with Crippen LogP contribution in [0.15, 0.2) is 24.3 Å². The summed E-state index contributed by atoms with van der Waals surface area (Å²) in [4.78, 5) is 22.8. The molecule has 1 aromatic rings. The van der Waals surface area contributed by atoms with Gasteiger partial charge in [-0.1, -0.05) is 25.5 Å². The Labute approximate surface area is 107 Å². The lowest BCUT2D eigenvalue weighted by Crippen LogP contribution is -2.29. The number of amides is 2. The van der Waals surface area contributed by atoms with Crippen molar-refractivity contribution in [2.45, 2.75) is 19.8 Å². The van der Waals surface area contributed by atoms with Crippen LogP contribution in [0.1, 0.15) is 30.1 Å². The molecule has 0 fully saturated rings. The van der Waals surface area contributed by atoms with E-state index < -0.39 is 5.91 Å². The van der Waals surface area contributed by atoms with Crippen molar-refractivity contribution in [3.05, 3.63) is 29.8 Å². The second-order valence-electron chi connectivity index (χ2n) is 3.99. The van der Waals surface area contributed by atoms with Crippen molar-refractivity contribution in [1.29, 1.82) is 0 Å². The zero-order valence-corrected chi connectivity index (χ0v) is 10.5. The van der Waals surface area contributed by atoms with E-state index >= 15 is 0 Å². The second-order valence-corrected chi connectivity index (χ2v) is 3.99. The number of unbranched alkanes of at least 4 members (excludes halogenated alkanes) is 1. The molecule has 0 aliphatic rings. The molecule has 2 amide bonds. The summed E-state index contributed by atoms with van der Waals surface area (Å²) in [6.07, 6.45) is 2.12. The summed E-state index contributed by atoms with van der Waals surface area (Å²) >= 11 is 0. The first-order chi connectivity index (χ1) is 8.65. The zero-order valence-electron chi connectivity index (χ0n) is 10.5. The SMILES string of the molecule is CCCCNCC(=O)Nc1ccccc1C(N)=O. The predicted octanol–water partition coefficient (Wildman–Crippen LogP) is 1.11. The first-order valence-electron chi connectivity index (χ1n) is 6.04. The fraction of sp³-hybridized carbons (Fsp3) is 0.385. The molecular formula is C13H19N3O2. The molecule has 1 aromatic carbocycles.